The molecule has 1 amide bonds. The minimum absolute atomic E-state index is 0.0942. The maximum atomic E-state index is 11.7. The number of carbonyl (C=O) groups is 1. The van der Waals surface area contributed by atoms with Crippen LogP contribution in [0, 0.1) is 11.8 Å². The Kier molecular flexibility index (Phi) is 4.46. The first-order valence-electron chi connectivity index (χ1n) is 6.32. The number of rotatable bonds is 3. The highest BCUT2D eigenvalue weighted by atomic mass is 16.2. The second-order valence-electron chi connectivity index (χ2n) is 4.61. The molecule has 0 spiro atoms. The van der Waals surface area contributed by atoms with Crippen molar-refractivity contribution in [3.05, 3.63) is 10.4 Å². The summed E-state index contributed by atoms with van der Waals surface area (Å²) in [6.07, 6.45) is 3.14. The molecule has 0 saturated carbocycles. The average Bonchev–Trinajstić information content (AvgIpc) is 2.98. The molecule has 0 unspecified atom stereocenters. The predicted molar refractivity (Wildman–Crippen MR) is 67.6 cm³/mol. The summed E-state index contributed by atoms with van der Waals surface area (Å²) in [7, 11) is 0. The zero-order chi connectivity index (χ0) is 12.8. The molecular formula is C12H17N5O. The molecule has 2 aliphatic heterocycles. The molecule has 2 rings (SSSR count). The van der Waals surface area contributed by atoms with Crippen molar-refractivity contribution in [2.24, 2.45) is 5.11 Å². The fourth-order valence-corrected chi connectivity index (χ4v) is 2.31. The monoisotopic (exact) mass is 247 g/mol. The van der Waals surface area contributed by atoms with Crippen LogP contribution in [0.1, 0.15) is 19.3 Å². The number of amides is 1. The number of hydrogen-bond donors (Lipinski definition) is 0. The van der Waals surface area contributed by atoms with Gasteiger partial charge in [0.25, 0.3) is 0 Å². The van der Waals surface area contributed by atoms with Crippen molar-refractivity contribution < 1.29 is 4.79 Å². The van der Waals surface area contributed by atoms with E-state index in [2.05, 4.69) is 26.8 Å². The van der Waals surface area contributed by atoms with Crippen LogP contribution in [0.15, 0.2) is 5.11 Å². The first-order valence-corrected chi connectivity index (χ1v) is 6.32. The third-order valence-electron chi connectivity index (χ3n) is 3.36. The van der Waals surface area contributed by atoms with Crippen molar-refractivity contribution in [3.63, 3.8) is 0 Å². The summed E-state index contributed by atoms with van der Waals surface area (Å²) in [4.78, 5) is 18.4. The van der Waals surface area contributed by atoms with Gasteiger partial charge < -0.3 is 4.90 Å². The van der Waals surface area contributed by atoms with E-state index < -0.39 is 6.04 Å². The van der Waals surface area contributed by atoms with Gasteiger partial charge in [0.2, 0.25) is 5.91 Å². The molecule has 18 heavy (non-hydrogen) atoms. The van der Waals surface area contributed by atoms with Gasteiger partial charge in [-0.05, 0) is 37.9 Å². The molecule has 2 aliphatic rings. The fraction of sp³-hybridized carbons (Fsp3) is 0.750. The van der Waals surface area contributed by atoms with Gasteiger partial charge in [0.05, 0.1) is 13.1 Å². The highest BCUT2D eigenvalue weighted by Crippen LogP contribution is 2.13. The summed E-state index contributed by atoms with van der Waals surface area (Å²) in [5, 5.41) is 3.48. The van der Waals surface area contributed by atoms with Crippen LogP contribution >= 0.6 is 0 Å². The molecule has 2 saturated heterocycles. The van der Waals surface area contributed by atoms with Crippen molar-refractivity contribution in [1.29, 1.82) is 0 Å². The highest BCUT2D eigenvalue weighted by Gasteiger charge is 2.29. The molecule has 0 aromatic heterocycles. The molecule has 96 valence electrons. The zero-order valence-corrected chi connectivity index (χ0v) is 10.4. The normalized spacial score (nSPS) is 23.7. The maximum Gasteiger partial charge on any atom is 0.232 e. The largest absolute Gasteiger partial charge is 0.331 e. The van der Waals surface area contributed by atoms with Crippen LogP contribution in [0.25, 0.3) is 10.4 Å². The molecule has 2 fully saturated rings. The Hall–Kier alpha value is -1.70. The van der Waals surface area contributed by atoms with E-state index in [9.17, 15) is 4.79 Å². The van der Waals surface area contributed by atoms with Crippen molar-refractivity contribution in [2.45, 2.75) is 25.3 Å². The number of likely N-dealkylation sites (tertiary alicyclic amines) is 2. The Morgan fingerprint density at radius 1 is 1.28 bits per heavy atom. The first-order chi connectivity index (χ1) is 8.81. The van der Waals surface area contributed by atoms with E-state index in [0.717, 1.165) is 19.6 Å². The number of nitrogens with zero attached hydrogens (tertiary/aromatic N) is 5. The van der Waals surface area contributed by atoms with Gasteiger partial charge in [-0.15, -0.1) is 0 Å². The summed E-state index contributed by atoms with van der Waals surface area (Å²) >= 11 is 0. The van der Waals surface area contributed by atoms with Gasteiger partial charge in [-0.2, -0.15) is 0 Å². The summed E-state index contributed by atoms with van der Waals surface area (Å²) in [6.45, 7) is 4.15. The lowest BCUT2D eigenvalue weighted by Gasteiger charge is -2.12. The maximum absolute atomic E-state index is 11.7. The van der Waals surface area contributed by atoms with Gasteiger partial charge in [0.15, 0.2) is 0 Å². The van der Waals surface area contributed by atoms with Gasteiger partial charge >= 0.3 is 0 Å². The van der Waals surface area contributed by atoms with Crippen LogP contribution in [-0.4, -0.2) is 54.5 Å². The summed E-state index contributed by atoms with van der Waals surface area (Å²) < 4.78 is 0. The Bertz CT molecular complexity index is 412. The lowest BCUT2D eigenvalue weighted by atomic mass is 10.3. The Labute approximate surface area is 107 Å². The molecule has 0 aromatic carbocycles. The van der Waals surface area contributed by atoms with Crippen LogP contribution in [0.5, 0.6) is 0 Å². The van der Waals surface area contributed by atoms with E-state index in [0.29, 0.717) is 19.5 Å². The van der Waals surface area contributed by atoms with E-state index >= 15 is 0 Å². The van der Waals surface area contributed by atoms with E-state index in [1.165, 1.54) is 12.8 Å². The minimum Gasteiger partial charge on any atom is -0.331 e. The molecule has 6 heteroatoms. The summed E-state index contributed by atoms with van der Waals surface area (Å²) in [5.41, 5.74) is 8.32. The van der Waals surface area contributed by atoms with Crippen LogP contribution in [0.4, 0.5) is 0 Å². The average molecular weight is 247 g/mol. The molecule has 1 atom stereocenters. The first kappa shape index (κ1) is 12.7. The second kappa shape index (κ2) is 6.29. The van der Waals surface area contributed by atoms with Gasteiger partial charge in [0.1, 0.15) is 6.04 Å². The Morgan fingerprint density at radius 2 is 2.00 bits per heavy atom. The van der Waals surface area contributed by atoms with E-state index in [4.69, 9.17) is 5.53 Å². The van der Waals surface area contributed by atoms with E-state index in [1.54, 1.807) is 4.90 Å². The van der Waals surface area contributed by atoms with Crippen LogP contribution in [0.2, 0.25) is 0 Å². The van der Waals surface area contributed by atoms with Crippen molar-refractivity contribution >= 4 is 5.91 Å². The lowest BCUT2D eigenvalue weighted by molar-refractivity contribution is -0.128. The Balaban J connectivity index is 1.75. The SMILES string of the molecule is [N-]=[N+]=N[C@H]1CCN(CC#CCN2CCCC2)C1=O. The topological polar surface area (TPSA) is 72.3 Å². The van der Waals surface area contributed by atoms with Gasteiger partial charge in [0, 0.05) is 11.5 Å². The Morgan fingerprint density at radius 3 is 2.72 bits per heavy atom. The van der Waals surface area contributed by atoms with Gasteiger partial charge in [-0.25, -0.2) is 0 Å². The minimum atomic E-state index is -0.518. The fourth-order valence-electron chi connectivity index (χ4n) is 2.31. The molecule has 2 heterocycles. The number of carbonyl (C=O) groups excluding carboxylic acids is 1. The van der Waals surface area contributed by atoms with Gasteiger partial charge in [-0.1, -0.05) is 17.0 Å². The predicted octanol–water partition coefficient (Wildman–Crippen LogP) is 0.997. The van der Waals surface area contributed by atoms with Crippen molar-refractivity contribution in [2.75, 3.05) is 32.7 Å². The zero-order valence-electron chi connectivity index (χ0n) is 10.4. The van der Waals surface area contributed by atoms with Crippen LogP contribution in [-0.2, 0) is 4.79 Å². The third kappa shape index (κ3) is 3.16. The quantitative estimate of drug-likeness (QED) is 0.323. The van der Waals surface area contributed by atoms with Crippen molar-refractivity contribution in [1.82, 2.24) is 9.80 Å². The number of hydrogen-bond acceptors (Lipinski definition) is 3. The third-order valence-corrected chi connectivity index (χ3v) is 3.36. The molecule has 0 aliphatic carbocycles. The molecular weight excluding hydrogens is 230 g/mol. The standard InChI is InChI=1S/C12H17N5O/c13-15-14-11-5-10-17(12(11)18)9-4-3-8-16-6-1-2-7-16/h11H,1-2,5-10H2/t11-/m0/s1. The molecule has 0 N–H and O–H groups in total. The van der Waals surface area contributed by atoms with Crippen molar-refractivity contribution in [3.8, 4) is 11.8 Å². The van der Waals surface area contributed by atoms with Gasteiger partial charge in [-0.3, -0.25) is 9.69 Å². The van der Waals surface area contributed by atoms with Crippen LogP contribution < -0.4 is 0 Å². The number of azide groups is 1. The molecule has 0 bridgehead atoms. The lowest BCUT2D eigenvalue weighted by Crippen LogP contribution is -2.29. The summed E-state index contributed by atoms with van der Waals surface area (Å²) in [5.74, 6) is 6.03. The highest BCUT2D eigenvalue weighted by molar-refractivity contribution is 5.84. The van der Waals surface area contributed by atoms with E-state index in [-0.39, 0.29) is 5.91 Å². The molecule has 0 aromatic rings. The summed E-state index contributed by atoms with van der Waals surface area (Å²) in [6, 6.07) is -0.518. The van der Waals surface area contributed by atoms with Crippen LogP contribution in [0.3, 0.4) is 0 Å². The van der Waals surface area contributed by atoms with E-state index in [1.807, 2.05) is 0 Å². The molecule has 6 nitrogen and oxygen atoms in total. The smallest absolute Gasteiger partial charge is 0.232 e. The second-order valence-corrected chi connectivity index (χ2v) is 4.61. The molecule has 0 radical (unpaired) electrons.